The van der Waals surface area contributed by atoms with Gasteiger partial charge in [0.15, 0.2) is 6.79 Å². The van der Waals surface area contributed by atoms with Gasteiger partial charge in [-0.15, -0.1) is 0 Å². The topological polar surface area (TPSA) is 88.1 Å². The standard InChI is InChI=1S/C28H40O7/c1-17(29)34-16-35-24(14-32-25(30)27-8-18-2-19(9-27)4-20(3-18)10-27)15-33-26(31)28-11-21-5-22(12-28)7-23(6-21)13-28/h18-24H,2-16H2,1H3. The minimum absolute atomic E-state index is 0.00992. The van der Waals surface area contributed by atoms with Gasteiger partial charge in [0.05, 0.1) is 10.8 Å². The van der Waals surface area contributed by atoms with Gasteiger partial charge in [0.2, 0.25) is 0 Å². The highest BCUT2D eigenvalue weighted by Gasteiger charge is 2.57. The van der Waals surface area contributed by atoms with Gasteiger partial charge in [0.1, 0.15) is 19.3 Å². The Bertz CT molecular complexity index is 733. The van der Waals surface area contributed by atoms with Crippen LogP contribution in [0.5, 0.6) is 0 Å². The molecule has 8 aliphatic carbocycles. The van der Waals surface area contributed by atoms with Crippen LogP contribution in [0.2, 0.25) is 0 Å². The Hall–Kier alpha value is -1.63. The van der Waals surface area contributed by atoms with Crippen LogP contribution in [-0.2, 0) is 33.3 Å². The molecule has 0 aliphatic heterocycles. The molecule has 0 spiro atoms. The van der Waals surface area contributed by atoms with Gasteiger partial charge in [0.25, 0.3) is 0 Å². The lowest BCUT2D eigenvalue weighted by atomic mass is 9.49. The van der Waals surface area contributed by atoms with Crippen molar-refractivity contribution in [1.29, 1.82) is 0 Å². The zero-order chi connectivity index (χ0) is 24.2. The molecule has 0 radical (unpaired) electrons. The van der Waals surface area contributed by atoms with Crippen LogP contribution in [0, 0.1) is 46.3 Å². The van der Waals surface area contributed by atoms with Crippen molar-refractivity contribution in [1.82, 2.24) is 0 Å². The Balaban J connectivity index is 1.06. The van der Waals surface area contributed by atoms with E-state index in [2.05, 4.69) is 0 Å². The second-order valence-corrected chi connectivity index (χ2v) is 13.1. The third-order valence-electron chi connectivity index (χ3n) is 10.3. The summed E-state index contributed by atoms with van der Waals surface area (Å²) in [4.78, 5) is 37.8. The lowest BCUT2D eigenvalue weighted by molar-refractivity contribution is -0.190. The number of carbonyl (C=O) groups excluding carboxylic acids is 3. The van der Waals surface area contributed by atoms with Crippen molar-refractivity contribution >= 4 is 17.9 Å². The van der Waals surface area contributed by atoms with E-state index in [1.165, 1.54) is 45.4 Å². The summed E-state index contributed by atoms with van der Waals surface area (Å²) >= 11 is 0. The van der Waals surface area contributed by atoms with Crippen LogP contribution in [0.1, 0.15) is 84.0 Å². The maximum absolute atomic E-state index is 13.3. The molecule has 0 aromatic rings. The Morgan fingerprint density at radius 3 is 1.29 bits per heavy atom. The molecule has 8 saturated carbocycles. The third-order valence-corrected chi connectivity index (χ3v) is 10.3. The van der Waals surface area contributed by atoms with E-state index >= 15 is 0 Å². The molecule has 8 aliphatic rings. The maximum atomic E-state index is 13.3. The lowest BCUT2D eigenvalue weighted by Crippen LogP contribution is -2.51. The van der Waals surface area contributed by atoms with E-state index in [1.54, 1.807) is 0 Å². The summed E-state index contributed by atoms with van der Waals surface area (Å²) in [5.74, 6) is 3.27. The number of rotatable bonds is 9. The summed E-state index contributed by atoms with van der Waals surface area (Å²) in [6, 6.07) is 0. The molecule has 194 valence electrons. The highest BCUT2D eigenvalue weighted by Crippen LogP contribution is 2.61. The molecule has 8 fully saturated rings. The van der Waals surface area contributed by atoms with E-state index in [9.17, 15) is 14.4 Å². The Labute approximate surface area is 207 Å². The van der Waals surface area contributed by atoms with Crippen LogP contribution in [0.4, 0.5) is 0 Å². The smallest absolute Gasteiger partial charge is 0.312 e. The van der Waals surface area contributed by atoms with Gasteiger partial charge in [0, 0.05) is 6.92 Å². The minimum atomic E-state index is -0.648. The number of carbonyl (C=O) groups is 3. The average molecular weight is 489 g/mol. The van der Waals surface area contributed by atoms with Crippen LogP contribution in [0.25, 0.3) is 0 Å². The summed E-state index contributed by atoms with van der Waals surface area (Å²) in [5.41, 5.74) is -0.684. The predicted octanol–water partition coefficient (Wildman–Crippen LogP) is 4.41. The Morgan fingerprint density at radius 2 is 0.971 bits per heavy atom. The lowest BCUT2D eigenvalue weighted by Gasteiger charge is -2.55. The van der Waals surface area contributed by atoms with Crippen molar-refractivity contribution in [3.63, 3.8) is 0 Å². The molecule has 0 unspecified atom stereocenters. The normalized spacial score (nSPS) is 43.1. The van der Waals surface area contributed by atoms with Gasteiger partial charge >= 0.3 is 17.9 Å². The molecule has 0 saturated heterocycles. The number of hydrogen-bond donors (Lipinski definition) is 0. The molecule has 8 rings (SSSR count). The summed E-state index contributed by atoms with van der Waals surface area (Å²) in [5, 5.41) is 0. The molecular weight excluding hydrogens is 448 g/mol. The van der Waals surface area contributed by atoms with E-state index in [0.717, 1.165) is 38.5 Å². The highest BCUT2D eigenvalue weighted by atomic mass is 16.7. The van der Waals surface area contributed by atoms with E-state index in [4.69, 9.17) is 18.9 Å². The summed E-state index contributed by atoms with van der Waals surface area (Å²) in [6.45, 7) is 1.09. The zero-order valence-corrected chi connectivity index (χ0v) is 21.0. The molecule has 0 atom stereocenters. The van der Waals surface area contributed by atoms with E-state index in [0.29, 0.717) is 35.5 Å². The van der Waals surface area contributed by atoms with Crippen molar-refractivity contribution in [3.8, 4) is 0 Å². The van der Waals surface area contributed by atoms with Crippen LogP contribution in [-0.4, -0.2) is 44.0 Å². The van der Waals surface area contributed by atoms with Gasteiger partial charge in [-0.05, 0) is 113 Å². The highest BCUT2D eigenvalue weighted by molar-refractivity contribution is 5.78. The number of ether oxygens (including phenoxy) is 4. The van der Waals surface area contributed by atoms with Crippen LogP contribution in [0.15, 0.2) is 0 Å². The molecule has 35 heavy (non-hydrogen) atoms. The van der Waals surface area contributed by atoms with Gasteiger partial charge in [-0.25, -0.2) is 0 Å². The Morgan fingerprint density at radius 1 is 0.629 bits per heavy atom. The van der Waals surface area contributed by atoms with Crippen molar-refractivity contribution in [3.05, 3.63) is 0 Å². The van der Waals surface area contributed by atoms with Crippen molar-refractivity contribution in [2.45, 2.75) is 90.1 Å². The number of hydrogen-bond acceptors (Lipinski definition) is 7. The van der Waals surface area contributed by atoms with Crippen LogP contribution < -0.4 is 0 Å². The number of esters is 3. The fourth-order valence-corrected chi connectivity index (χ4v) is 9.72. The zero-order valence-electron chi connectivity index (χ0n) is 21.0. The van der Waals surface area contributed by atoms with Gasteiger partial charge in [-0.1, -0.05) is 0 Å². The quantitative estimate of drug-likeness (QED) is 0.270. The predicted molar refractivity (Wildman–Crippen MR) is 125 cm³/mol. The first-order valence-electron chi connectivity index (χ1n) is 13.9. The maximum Gasteiger partial charge on any atom is 0.312 e. The van der Waals surface area contributed by atoms with Gasteiger partial charge < -0.3 is 18.9 Å². The SMILES string of the molecule is CC(=O)OCOC(COC(=O)C12CC3CC(CC(C3)C1)C2)COC(=O)C12CC3CC(CC(C3)C1)C2. The van der Waals surface area contributed by atoms with Crippen LogP contribution >= 0.6 is 0 Å². The molecule has 8 bridgehead atoms. The molecule has 0 aromatic heterocycles. The molecule has 0 heterocycles. The molecule has 0 amide bonds. The average Bonchev–Trinajstić information content (AvgIpc) is 2.78. The van der Waals surface area contributed by atoms with Crippen LogP contribution in [0.3, 0.4) is 0 Å². The second kappa shape index (κ2) is 9.04. The first-order chi connectivity index (χ1) is 16.8. The van der Waals surface area contributed by atoms with Crippen molar-refractivity contribution in [2.75, 3.05) is 20.0 Å². The van der Waals surface area contributed by atoms with E-state index in [1.807, 2.05) is 0 Å². The van der Waals surface area contributed by atoms with E-state index < -0.39 is 12.1 Å². The molecule has 7 nitrogen and oxygen atoms in total. The summed E-state index contributed by atoms with van der Waals surface area (Å²) in [7, 11) is 0. The third kappa shape index (κ3) is 4.62. The minimum Gasteiger partial charge on any atom is -0.462 e. The molecule has 0 N–H and O–H groups in total. The Kier molecular flexibility index (Phi) is 6.13. The van der Waals surface area contributed by atoms with Crippen molar-refractivity contribution in [2.24, 2.45) is 46.3 Å². The molecule has 7 heteroatoms. The second-order valence-electron chi connectivity index (χ2n) is 13.1. The van der Waals surface area contributed by atoms with Crippen molar-refractivity contribution < 1.29 is 33.3 Å². The van der Waals surface area contributed by atoms with Gasteiger partial charge in [-0.3, -0.25) is 14.4 Å². The summed E-state index contributed by atoms with van der Waals surface area (Å²) in [6.07, 6.45) is 12.6. The summed E-state index contributed by atoms with van der Waals surface area (Å²) < 4.78 is 22.3. The first kappa shape index (κ1) is 23.7. The first-order valence-corrected chi connectivity index (χ1v) is 13.9. The fraction of sp³-hybridized carbons (Fsp3) is 0.893. The largest absolute Gasteiger partial charge is 0.462 e. The molecular formula is C28H40O7. The monoisotopic (exact) mass is 488 g/mol. The van der Waals surface area contributed by atoms with E-state index in [-0.39, 0.29) is 42.8 Å². The van der Waals surface area contributed by atoms with Gasteiger partial charge in [-0.2, -0.15) is 0 Å². The molecule has 0 aromatic carbocycles. The fourth-order valence-electron chi connectivity index (χ4n) is 9.72.